The van der Waals surface area contributed by atoms with Crippen LogP contribution in [0.2, 0.25) is 0 Å². The Morgan fingerprint density at radius 2 is 1.57 bits per heavy atom. The fourth-order valence-corrected chi connectivity index (χ4v) is 4.12. The van der Waals surface area contributed by atoms with Crippen LogP contribution in [-0.4, -0.2) is 57.6 Å². The van der Waals surface area contributed by atoms with E-state index >= 15 is 0 Å². The van der Waals surface area contributed by atoms with E-state index in [2.05, 4.69) is 5.10 Å². The van der Waals surface area contributed by atoms with Crippen molar-refractivity contribution >= 4 is 17.9 Å². The summed E-state index contributed by atoms with van der Waals surface area (Å²) >= 11 is 0. The van der Waals surface area contributed by atoms with E-state index in [0.717, 1.165) is 34.8 Å². The second-order valence-electron chi connectivity index (χ2n) is 8.36. The van der Waals surface area contributed by atoms with Gasteiger partial charge in [0.15, 0.2) is 0 Å². The van der Waals surface area contributed by atoms with E-state index in [0.29, 0.717) is 13.1 Å². The molecular formula is C26H25F3N4O2. The first-order valence-electron chi connectivity index (χ1n) is 11.2. The highest BCUT2D eigenvalue weighted by Gasteiger charge is 2.32. The van der Waals surface area contributed by atoms with Gasteiger partial charge in [-0.2, -0.15) is 18.3 Å². The molecule has 0 N–H and O–H groups in total. The van der Waals surface area contributed by atoms with Crippen molar-refractivity contribution in [3.63, 3.8) is 0 Å². The summed E-state index contributed by atoms with van der Waals surface area (Å²) in [6.07, 6.45) is -1.27. The van der Waals surface area contributed by atoms with Gasteiger partial charge >= 0.3 is 6.18 Å². The Balaban J connectivity index is 1.39. The molecule has 0 aliphatic carbocycles. The summed E-state index contributed by atoms with van der Waals surface area (Å²) in [5, 5.41) is 4.58. The zero-order valence-electron chi connectivity index (χ0n) is 19.4. The Bertz CT molecular complexity index is 1260. The number of halogens is 3. The molecule has 2 heterocycles. The normalized spacial score (nSPS) is 14.5. The number of para-hydroxylation sites is 1. The molecule has 35 heavy (non-hydrogen) atoms. The van der Waals surface area contributed by atoms with Gasteiger partial charge < -0.3 is 9.80 Å². The van der Waals surface area contributed by atoms with Gasteiger partial charge in [0.2, 0.25) is 5.91 Å². The van der Waals surface area contributed by atoms with Gasteiger partial charge in [-0.15, -0.1) is 0 Å². The largest absolute Gasteiger partial charge is 0.416 e. The minimum Gasteiger partial charge on any atom is -0.336 e. The number of aromatic nitrogens is 2. The predicted octanol–water partition coefficient (Wildman–Crippen LogP) is 4.51. The van der Waals surface area contributed by atoms with Gasteiger partial charge in [0.05, 0.1) is 16.9 Å². The van der Waals surface area contributed by atoms with Gasteiger partial charge in [0.1, 0.15) is 0 Å². The summed E-state index contributed by atoms with van der Waals surface area (Å²) < 4.78 is 40.7. The second-order valence-corrected chi connectivity index (χ2v) is 8.36. The first-order valence-corrected chi connectivity index (χ1v) is 11.2. The van der Waals surface area contributed by atoms with E-state index in [1.807, 2.05) is 48.9 Å². The van der Waals surface area contributed by atoms with Gasteiger partial charge in [-0.25, -0.2) is 4.68 Å². The van der Waals surface area contributed by atoms with Crippen LogP contribution in [0.1, 0.15) is 32.9 Å². The zero-order chi connectivity index (χ0) is 25.2. The van der Waals surface area contributed by atoms with Crippen LogP contribution in [0.25, 0.3) is 11.8 Å². The van der Waals surface area contributed by atoms with Crippen molar-refractivity contribution in [2.24, 2.45) is 0 Å². The van der Waals surface area contributed by atoms with Crippen LogP contribution in [0.3, 0.4) is 0 Å². The van der Waals surface area contributed by atoms with Gasteiger partial charge in [-0.3, -0.25) is 9.59 Å². The molecular weight excluding hydrogens is 457 g/mol. The van der Waals surface area contributed by atoms with Crippen molar-refractivity contribution in [1.82, 2.24) is 19.6 Å². The lowest BCUT2D eigenvalue weighted by Gasteiger charge is -2.34. The molecule has 0 bridgehead atoms. The first-order chi connectivity index (χ1) is 16.6. The molecule has 3 aromatic rings. The highest BCUT2D eigenvalue weighted by atomic mass is 19.4. The predicted molar refractivity (Wildman–Crippen MR) is 126 cm³/mol. The van der Waals surface area contributed by atoms with Gasteiger partial charge in [0.25, 0.3) is 5.91 Å². The van der Waals surface area contributed by atoms with Crippen LogP contribution in [0.15, 0.2) is 60.7 Å². The zero-order valence-corrected chi connectivity index (χ0v) is 19.4. The molecule has 4 rings (SSSR count). The lowest BCUT2D eigenvalue weighted by Crippen LogP contribution is -2.50. The van der Waals surface area contributed by atoms with E-state index in [9.17, 15) is 22.8 Å². The van der Waals surface area contributed by atoms with E-state index in [1.54, 1.807) is 11.0 Å². The molecule has 1 aromatic heterocycles. The standard InChI is InChI=1S/C26H25F3N4O2/c1-18-23(19(2)33(30-18)22-9-4-3-5-10-22)11-12-24(34)31-13-15-32(16-14-31)25(35)20-7-6-8-21(17-20)26(27,28)29/h3-12,17H,13-16H2,1-2H3/b12-11+. The fraction of sp³-hybridized carbons (Fsp3) is 0.269. The number of hydrogen-bond acceptors (Lipinski definition) is 3. The Labute approximate surface area is 201 Å². The van der Waals surface area contributed by atoms with Crippen LogP contribution < -0.4 is 0 Å². The lowest BCUT2D eigenvalue weighted by molar-refractivity contribution is -0.137. The molecule has 1 saturated heterocycles. The molecule has 182 valence electrons. The summed E-state index contributed by atoms with van der Waals surface area (Å²) in [5.41, 5.74) is 2.63. The number of nitrogens with zero attached hydrogens (tertiary/aromatic N) is 4. The van der Waals surface area contributed by atoms with Crippen molar-refractivity contribution in [2.45, 2.75) is 20.0 Å². The molecule has 0 spiro atoms. The molecule has 1 aliphatic heterocycles. The average Bonchev–Trinajstić information content (AvgIpc) is 3.15. The van der Waals surface area contributed by atoms with Gasteiger partial charge in [-0.05, 0) is 50.3 Å². The summed E-state index contributed by atoms with van der Waals surface area (Å²) in [4.78, 5) is 28.5. The number of piperazine rings is 1. The van der Waals surface area contributed by atoms with Crippen molar-refractivity contribution in [3.05, 3.63) is 88.8 Å². The molecule has 0 saturated carbocycles. The molecule has 0 unspecified atom stereocenters. The number of aryl methyl sites for hydroxylation is 1. The Kier molecular flexibility index (Phi) is 6.77. The maximum atomic E-state index is 13.0. The molecule has 0 atom stereocenters. The van der Waals surface area contributed by atoms with Crippen molar-refractivity contribution < 1.29 is 22.8 Å². The third kappa shape index (κ3) is 5.29. The third-order valence-electron chi connectivity index (χ3n) is 6.06. The van der Waals surface area contributed by atoms with E-state index in [1.165, 1.54) is 23.1 Å². The summed E-state index contributed by atoms with van der Waals surface area (Å²) in [6, 6.07) is 14.1. The number of amides is 2. The third-order valence-corrected chi connectivity index (χ3v) is 6.06. The quantitative estimate of drug-likeness (QED) is 0.515. The monoisotopic (exact) mass is 482 g/mol. The average molecular weight is 483 g/mol. The number of carbonyl (C=O) groups excluding carboxylic acids is 2. The van der Waals surface area contributed by atoms with Gasteiger partial charge in [-0.1, -0.05) is 24.3 Å². The number of alkyl halides is 3. The molecule has 9 heteroatoms. The fourth-order valence-electron chi connectivity index (χ4n) is 4.12. The lowest BCUT2D eigenvalue weighted by atomic mass is 10.1. The molecule has 0 radical (unpaired) electrons. The number of carbonyl (C=O) groups is 2. The molecule has 2 amide bonds. The Morgan fingerprint density at radius 3 is 2.23 bits per heavy atom. The number of hydrogen-bond donors (Lipinski definition) is 0. The van der Waals surface area contributed by atoms with Crippen LogP contribution in [0.5, 0.6) is 0 Å². The van der Waals surface area contributed by atoms with Crippen LogP contribution in [-0.2, 0) is 11.0 Å². The molecule has 6 nitrogen and oxygen atoms in total. The topological polar surface area (TPSA) is 58.4 Å². The summed E-state index contributed by atoms with van der Waals surface area (Å²) in [5.74, 6) is -0.666. The van der Waals surface area contributed by atoms with Crippen molar-refractivity contribution in [1.29, 1.82) is 0 Å². The SMILES string of the molecule is Cc1nn(-c2ccccc2)c(C)c1/C=C/C(=O)N1CCN(C(=O)c2cccc(C(F)(F)F)c2)CC1. The number of rotatable bonds is 4. The number of benzene rings is 2. The van der Waals surface area contributed by atoms with Crippen LogP contribution in [0.4, 0.5) is 13.2 Å². The minimum atomic E-state index is -4.51. The summed E-state index contributed by atoms with van der Waals surface area (Å²) in [7, 11) is 0. The van der Waals surface area contributed by atoms with E-state index in [-0.39, 0.29) is 24.6 Å². The highest BCUT2D eigenvalue weighted by molar-refractivity contribution is 5.95. The first kappa shape index (κ1) is 24.3. The van der Waals surface area contributed by atoms with Crippen LogP contribution in [0, 0.1) is 13.8 Å². The molecule has 2 aromatic carbocycles. The Morgan fingerprint density at radius 1 is 0.914 bits per heavy atom. The van der Waals surface area contributed by atoms with Crippen LogP contribution >= 0.6 is 0 Å². The minimum absolute atomic E-state index is 0.0131. The Hall–Kier alpha value is -3.88. The van der Waals surface area contributed by atoms with Crippen molar-refractivity contribution in [2.75, 3.05) is 26.2 Å². The highest BCUT2D eigenvalue weighted by Crippen LogP contribution is 2.30. The van der Waals surface area contributed by atoms with Gasteiger partial charge in [0, 0.05) is 49.1 Å². The summed E-state index contributed by atoms with van der Waals surface area (Å²) in [6.45, 7) is 4.92. The molecule has 1 fully saturated rings. The molecule has 1 aliphatic rings. The van der Waals surface area contributed by atoms with E-state index < -0.39 is 17.6 Å². The second kappa shape index (κ2) is 9.77. The maximum absolute atomic E-state index is 13.0. The maximum Gasteiger partial charge on any atom is 0.416 e. The van der Waals surface area contributed by atoms with Crippen molar-refractivity contribution in [3.8, 4) is 5.69 Å². The van der Waals surface area contributed by atoms with E-state index in [4.69, 9.17) is 0 Å². The smallest absolute Gasteiger partial charge is 0.336 e.